The summed E-state index contributed by atoms with van der Waals surface area (Å²) in [6.45, 7) is 3.40. The smallest absolute Gasteiger partial charge is 0.332 e. The van der Waals surface area contributed by atoms with Gasteiger partial charge in [0.05, 0.1) is 4.90 Å². The van der Waals surface area contributed by atoms with Crippen molar-refractivity contribution < 1.29 is 23.4 Å². The fourth-order valence-corrected chi connectivity index (χ4v) is 4.01. The summed E-state index contributed by atoms with van der Waals surface area (Å²) in [5.41, 5.74) is 0. The molecule has 1 atom stereocenters. The van der Waals surface area contributed by atoms with E-state index in [1.54, 1.807) is 13.0 Å². The van der Waals surface area contributed by atoms with Gasteiger partial charge in [-0.1, -0.05) is 0 Å². The largest absolute Gasteiger partial charge is 0.479 e. The normalized spacial score (nSPS) is 13.5. The van der Waals surface area contributed by atoms with Crippen molar-refractivity contribution in [1.29, 1.82) is 0 Å². The van der Waals surface area contributed by atoms with Crippen LogP contribution < -0.4 is 4.72 Å². The number of aryl methyl sites for hydroxylation is 2. The Labute approximate surface area is 109 Å². The molecule has 8 heteroatoms. The quantitative estimate of drug-likeness (QED) is 0.707. The molecule has 0 unspecified atom stereocenters. The molecule has 1 rings (SSSR count). The fourth-order valence-electron chi connectivity index (χ4n) is 1.41. The number of carboxylic acid groups (broad SMARTS) is 1. The van der Waals surface area contributed by atoms with Gasteiger partial charge in [0, 0.05) is 16.3 Å². The summed E-state index contributed by atoms with van der Waals surface area (Å²) in [4.78, 5) is 12.1. The van der Waals surface area contributed by atoms with Gasteiger partial charge in [-0.15, -0.1) is 11.3 Å². The van der Waals surface area contributed by atoms with Crippen LogP contribution in [0.2, 0.25) is 0 Å². The average molecular weight is 293 g/mol. The van der Waals surface area contributed by atoms with Crippen molar-refractivity contribution in [2.75, 3.05) is 6.54 Å². The van der Waals surface area contributed by atoms with Crippen molar-refractivity contribution in [3.63, 3.8) is 0 Å². The molecule has 0 radical (unpaired) electrons. The number of hydrogen-bond donors (Lipinski definition) is 3. The van der Waals surface area contributed by atoms with Crippen LogP contribution in [-0.2, 0) is 14.8 Å². The lowest BCUT2D eigenvalue weighted by atomic mass is 10.3. The van der Waals surface area contributed by atoms with Crippen molar-refractivity contribution >= 4 is 27.3 Å². The van der Waals surface area contributed by atoms with Gasteiger partial charge in [0.15, 0.2) is 6.10 Å². The van der Waals surface area contributed by atoms with Crippen LogP contribution in [0.1, 0.15) is 16.2 Å². The lowest BCUT2D eigenvalue weighted by Gasteiger charge is -2.07. The topological polar surface area (TPSA) is 104 Å². The van der Waals surface area contributed by atoms with Crippen LogP contribution in [-0.4, -0.2) is 37.2 Å². The van der Waals surface area contributed by atoms with E-state index in [0.29, 0.717) is 4.88 Å². The van der Waals surface area contributed by atoms with E-state index >= 15 is 0 Å². The summed E-state index contributed by atoms with van der Waals surface area (Å²) >= 11 is 1.38. The Morgan fingerprint density at radius 2 is 2.11 bits per heavy atom. The summed E-state index contributed by atoms with van der Waals surface area (Å²) in [7, 11) is -3.64. The molecule has 6 nitrogen and oxygen atoms in total. The Morgan fingerprint density at radius 1 is 1.50 bits per heavy atom. The molecule has 0 aromatic carbocycles. The first-order chi connectivity index (χ1) is 8.24. The van der Waals surface area contributed by atoms with Crippen LogP contribution in [0.4, 0.5) is 0 Å². The first-order valence-electron chi connectivity index (χ1n) is 5.21. The molecule has 1 aromatic heterocycles. The van der Waals surface area contributed by atoms with E-state index in [-0.39, 0.29) is 17.9 Å². The molecule has 3 N–H and O–H groups in total. The predicted octanol–water partition coefficient (Wildman–Crippen LogP) is 0.479. The van der Waals surface area contributed by atoms with E-state index in [1.807, 2.05) is 6.92 Å². The van der Waals surface area contributed by atoms with Crippen molar-refractivity contribution in [3.05, 3.63) is 15.8 Å². The zero-order valence-electron chi connectivity index (χ0n) is 10.0. The van der Waals surface area contributed by atoms with Crippen molar-refractivity contribution in [1.82, 2.24) is 4.72 Å². The molecule has 102 valence electrons. The number of aliphatic carboxylic acids is 1. The standard InChI is InChI=1S/C10H15NO5S2/c1-6-5-9(7(2)17-6)18(15,16)11-4-3-8(12)10(13)14/h5,8,11-12H,3-4H2,1-2H3,(H,13,14)/t8-/m0/s1. The second-order valence-electron chi connectivity index (χ2n) is 3.82. The van der Waals surface area contributed by atoms with Gasteiger partial charge in [-0.25, -0.2) is 17.9 Å². The van der Waals surface area contributed by atoms with Crippen LogP contribution in [0.25, 0.3) is 0 Å². The van der Waals surface area contributed by atoms with Gasteiger partial charge in [0.1, 0.15) is 0 Å². The summed E-state index contributed by atoms with van der Waals surface area (Å²) in [6, 6.07) is 1.57. The highest BCUT2D eigenvalue weighted by Gasteiger charge is 2.20. The first-order valence-corrected chi connectivity index (χ1v) is 7.51. The zero-order chi connectivity index (χ0) is 13.9. The number of carbonyl (C=O) groups is 1. The Morgan fingerprint density at radius 3 is 2.56 bits per heavy atom. The van der Waals surface area contributed by atoms with Gasteiger partial charge in [0.25, 0.3) is 0 Å². The predicted molar refractivity (Wildman–Crippen MR) is 67.2 cm³/mol. The van der Waals surface area contributed by atoms with E-state index in [9.17, 15) is 13.2 Å². The van der Waals surface area contributed by atoms with Gasteiger partial charge in [0.2, 0.25) is 10.0 Å². The van der Waals surface area contributed by atoms with Crippen molar-refractivity contribution in [2.45, 2.75) is 31.3 Å². The lowest BCUT2D eigenvalue weighted by Crippen LogP contribution is -2.30. The number of rotatable bonds is 6. The average Bonchev–Trinajstić information content (AvgIpc) is 2.58. The van der Waals surface area contributed by atoms with E-state index in [0.717, 1.165) is 4.88 Å². The summed E-state index contributed by atoms with van der Waals surface area (Å²) < 4.78 is 26.0. The molecule has 0 saturated heterocycles. The SMILES string of the molecule is Cc1cc(S(=O)(=O)NCC[C@H](O)C(=O)O)c(C)s1. The summed E-state index contributed by atoms with van der Waals surface area (Å²) in [6.07, 6.45) is -1.73. The Kier molecular flexibility index (Phi) is 4.85. The number of aliphatic hydroxyl groups is 1. The number of thiophene rings is 1. The number of aliphatic hydroxyl groups excluding tert-OH is 1. The maximum atomic E-state index is 11.9. The van der Waals surface area contributed by atoms with Crippen molar-refractivity contribution in [3.8, 4) is 0 Å². The third kappa shape index (κ3) is 3.77. The third-order valence-corrected chi connectivity index (χ3v) is 4.96. The van der Waals surface area contributed by atoms with Gasteiger partial charge < -0.3 is 10.2 Å². The molecule has 0 aliphatic rings. The molecule has 18 heavy (non-hydrogen) atoms. The third-order valence-electron chi connectivity index (χ3n) is 2.28. The molecule has 0 amide bonds. The monoisotopic (exact) mass is 293 g/mol. The van der Waals surface area contributed by atoms with Crippen molar-refractivity contribution in [2.24, 2.45) is 0 Å². The Hall–Kier alpha value is -0.960. The molecule has 0 spiro atoms. The molecule has 1 heterocycles. The highest BCUT2D eigenvalue weighted by molar-refractivity contribution is 7.89. The van der Waals surface area contributed by atoms with Crippen LogP contribution in [0.3, 0.4) is 0 Å². The number of sulfonamides is 1. The second-order valence-corrected chi connectivity index (χ2v) is 7.01. The summed E-state index contributed by atoms with van der Waals surface area (Å²) in [5, 5.41) is 17.5. The minimum atomic E-state index is -3.64. The maximum absolute atomic E-state index is 11.9. The number of nitrogens with one attached hydrogen (secondary N) is 1. The Bertz CT molecular complexity index is 534. The molecule has 0 saturated carbocycles. The van der Waals surface area contributed by atoms with Gasteiger partial charge in [-0.3, -0.25) is 0 Å². The number of hydrogen-bond acceptors (Lipinski definition) is 5. The number of carboxylic acids is 1. The summed E-state index contributed by atoms with van der Waals surface area (Å²) in [5.74, 6) is -1.36. The maximum Gasteiger partial charge on any atom is 0.332 e. The highest BCUT2D eigenvalue weighted by Crippen LogP contribution is 2.24. The minimum absolute atomic E-state index is 0.121. The van der Waals surface area contributed by atoms with Gasteiger partial charge in [-0.05, 0) is 26.3 Å². The van der Waals surface area contributed by atoms with E-state index in [1.165, 1.54) is 11.3 Å². The molecule has 1 aromatic rings. The molecule has 0 bridgehead atoms. The van der Waals surface area contributed by atoms with Crippen LogP contribution >= 0.6 is 11.3 Å². The van der Waals surface area contributed by atoms with Gasteiger partial charge >= 0.3 is 5.97 Å². The minimum Gasteiger partial charge on any atom is -0.479 e. The second kappa shape index (κ2) is 5.79. The molecular formula is C10H15NO5S2. The first kappa shape index (κ1) is 15.1. The highest BCUT2D eigenvalue weighted by atomic mass is 32.2. The van der Waals surface area contributed by atoms with Crippen LogP contribution in [0.5, 0.6) is 0 Å². The lowest BCUT2D eigenvalue weighted by molar-refractivity contribution is -0.146. The molecular weight excluding hydrogens is 278 g/mol. The fraction of sp³-hybridized carbons (Fsp3) is 0.500. The Balaban J connectivity index is 2.66. The van der Waals surface area contributed by atoms with E-state index in [4.69, 9.17) is 10.2 Å². The van der Waals surface area contributed by atoms with E-state index < -0.39 is 22.1 Å². The molecule has 0 aliphatic heterocycles. The van der Waals surface area contributed by atoms with Crippen LogP contribution in [0.15, 0.2) is 11.0 Å². The van der Waals surface area contributed by atoms with E-state index in [2.05, 4.69) is 4.72 Å². The van der Waals surface area contributed by atoms with Gasteiger partial charge in [-0.2, -0.15) is 0 Å². The molecule has 0 fully saturated rings. The van der Waals surface area contributed by atoms with Crippen LogP contribution in [0, 0.1) is 13.8 Å². The molecule has 0 aliphatic carbocycles. The zero-order valence-corrected chi connectivity index (χ0v) is 11.6.